The molecule has 0 amide bonds. The Balaban J connectivity index is 2.31. The second-order valence-corrected chi connectivity index (χ2v) is 4.91. The Kier molecular flexibility index (Phi) is 3.32. The zero-order valence-corrected chi connectivity index (χ0v) is 11.7. The Morgan fingerprint density at radius 1 is 0.857 bits per heavy atom. The van der Waals surface area contributed by atoms with E-state index in [-0.39, 0.29) is 11.3 Å². The highest BCUT2D eigenvalue weighted by Gasteiger charge is 2.16. The van der Waals surface area contributed by atoms with Crippen LogP contribution in [0.15, 0.2) is 71.7 Å². The smallest absolute Gasteiger partial charge is 0.261 e. The average molecular weight is 277 g/mol. The lowest BCUT2D eigenvalue weighted by Crippen LogP contribution is -2.18. The van der Waals surface area contributed by atoms with Gasteiger partial charge in [-0.1, -0.05) is 60.7 Å². The number of aromatic nitrogens is 1. The molecule has 1 N–H and O–H groups in total. The Hall–Kier alpha value is -2.81. The Morgan fingerprint density at radius 2 is 1.38 bits per heavy atom. The minimum atomic E-state index is -0.210. The summed E-state index contributed by atoms with van der Waals surface area (Å²) in [6, 6.07) is 18.8. The van der Waals surface area contributed by atoms with Crippen LogP contribution in [0.2, 0.25) is 0 Å². The molecule has 21 heavy (non-hydrogen) atoms. The SMILES string of the molecule is Cn1cc(-c2ccccc2)c(O)c(-c2ccccc2)c1=O. The first kappa shape index (κ1) is 13.2. The largest absolute Gasteiger partial charge is 0.506 e. The van der Waals surface area contributed by atoms with Gasteiger partial charge in [-0.25, -0.2) is 0 Å². The van der Waals surface area contributed by atoms with Gasteiger partial charge in [-0.2, -0.15) is 0 Å². The molecule has 1 heterocycles. The van der Waals surface area contributed by atoms with Gasteiger partial charge in [0.2, 0.25) is 0 Å². The van der Waals surface area contributed by atoms with E-state index in [0.29, 0.717) is 16.7 Å². The fourth-order valence-electron chi connectivity index (χ4n) is 2.42. The van der Waals surface area contributed by atoms with Crippen molar-refractivity contribution in [2.75, 3.05) is 0 Å². The van der Waals surface area contributed by atoms with E-state index in [1.165, 1.54) is 4.57 Å². The molecule has 0 atom stereocenters. The third-order valence-corrected chi connectivity index (χ3v) is 3.50. The average Bonchev–Trinajstić information content (AvgIpc) is 2.53. The molecule has 3 rings (SSSR count). The molecular formula is C18H15NO2. The first-order valence-electron chi connectivity index (χ1n) is 6.72. The molecule has 0 fully saturated rings. The van der Waals surface area contributed by atoms with Crippen LogP contribution in [0.4, 0.5) is 0 Å². The summed E-state index contributed by atoms with van der Waals surface area (Å²) in [5.74, 6) is 0.0236. The molecule has 0 aliphatic carbocycles. The zero-order chi connectivity index (χ0) is 14.8. The number of benzene rings is 2. The summed E-state index contributed by atoms with van der Waals surface area (Å²) < 4.78 is 1.50. The molecule has 0 saturated carbocycles. The van der Waals surface area contributed by atoms with E-state index in [4.69, 9.17) is 0 Å². The summed E-state index contributed by atoms with van der Waals surface area (Å²) in [6.07, 6.45) is 1.67. The zero-order valence-electron chi connectivity index (χ0n) is 11.7. The van der Waals surface area contributed by atoms with Crippen molar-refractivity contribution in [1.29, 1.82) is 0 Å². The van der Waals surface area contributed by atoms with Gasteiger partial charge in [0.1, 0.15) is 5.75 Å². The highest BCUT2D eigenvalue weighted by Crippen LogP contribution is 2.35. The van der Waals surface area contributed by atoms with Crippen molar-refractivity contribution < 1.29 is 5.11 Å². The number of hydrogen-bond acceptors (Lipinski definition) is 2. The van der Waals surface area contributed by atoms with Crippen LogP contribution in [0.3, 0.4) is 0 Å². The Morgan fingerprint density at radius 3 is 1.95 bits per heavy atom. The predicted octanol–water partition coefficient (Wildman–Crippen LogP) is 3.42. The number of rotatable bonds is 2. The van der Waals surface area contributed by atoms with Gasteiger partial charge in [0, 0.05) is 18.8 Å². The second kappa shape index (κ2) is 5.29. The topological polar surface area (TPSA) is 42.2 Å². The van der Waals surface area contributed by atoms with Crippen LogP contribution in [-0.2, 0) is 7.05 Å². The fraction of sp³-hybridized carbons (Fsp3) is 0.0556. The first-order valence-corrected chi connectivity index (χ1v) is 6.72. The third-order valence-electron chi connectivity index (χ3n) is 3.50. The van der Waals surface area contributed by atoms with Crippen molar-refractivity contribution in [2.45, 2.75) is 0 Å². The summed E-state index contributed by atoms with van der Waals surface area (Å²) in [6.45, 7) is 0. The summed E-state index contributed by atoms with van der Waals surface area (Å²) in [5, 5.41) is 10.6. The maximum atomic E-state index is 12.4. The molecule has 3 nitrogen and oxygen atoms in total. The first-order chi connectivity index (χ1) is 10.2. The number of pyridine rings is 1. The molecule has 104 valence electrons. The van der Waals surface area contributed by atoms with Gasteiger partial charge in [-0.15, -0.1) is 0 Å². The number of hydrogen-bond donors (Lipinski definition) is 1. The standard InChI is InChI=1S/C18H15NO2/c1-19-12-15(13-8-4-2-5-9-13)17(20)16(18(19)21)14-10-6-3-7-11-14/h2-12,20H,1H3. The van der Waals surface area contributed by atoms with E-state index in [1.807, 2.05) is 60.7 Å². The minimum Gasteiger partial charge on any atom is -0.506 e. The van der Waals surface area contributed by atoms with E-state index in [1.54, 1.807) is 13.2 Å². The highest BCUT2D eigenvalue weighted by molar-refractivity contribution is 5.80. The third kappa shape index (κ3) is 2.34. The van der Waals surface area contributed by atoms with E-state index < -0.39 is 0 Å². The molecule has 0 spiro atoms. The molecule has 2 aromatic carbocycles. The van der Waals surface area contributed by atoms with Gasteiger partial charge in [-0.05, 0) is 11.1 Å². The van der Waals surface area contributed by atoms with Crippen LogP contribution in [0, 0.1) is 0 Å². The fourth-order valence-corrected chi connectivity index (χ4v) is 2.42. The molecule has 0 aliphatic heterocycles. The maximum Gasteiger partial charge on any atom is 0.261 e. The predicted molar refractivity (Wildman–Crippen MR) is 84.2 cm³/mol. The number of aromatic hydroxyl groups is 1. The maximum absolute atomic E-state index is 12.4. The van der Waals surface area contributed by atoms with Crippen molar-refractivity contribution in [3.63, 3.8) is 0 Å². The molecule has 0 radical (unpaired) electrons. The Labute approximate surface area is 122 Å². The van der Waals surface area contributed by atoms with Gasteiger partial charge in [0.15, 0.2) is 0 Å². The molecule has 3 heteroatoms. The lowest BCUT2D eigenvalue weighted by molar-refractivity contribution is 0.476. The van der Waals surface area contributed by atoms with E-state index in [0.717, 1.165) is 5.56 Å². The lowest BCUT2D eigenvalue weighted by atomic mass is 10.00. The molecule has 0 saturated heterocycles. The second-order valence-electron chi connectivity index (χ2n) is 4.91. The van der Waals surface area contributed by atoms with Crippen LogP contribution < -0.4 is 5.56 Å². The summed E-state index contributed by atoms with van der Waals surface area (Å²) in [5.41, 5.74) is 2.37. The molecule has 0 aliphatic rings. The summed E-state index contributed by atoms with van der Waals surface area (Å²) >= 11 is 0. The van der Waals surface area contributed by atoms with Crippen molar-refractivity contribution in [1.82, 2.24) is 4.57 Å². The van der Waals surface area contributed by atoms with Gasteiger partial charge >= 0.3 is 0 Å². The van der Waals surface area contributed by atoms with Crippen molar-refractivity contribution >= 4 is 0 Å². The molecule has 1 aromatic heterocycles. The molecular weight excluding hydrogens is 262 g/mol. The quantitative estimate of drug-likeness (QED) is 0.779. The van der Waals surface area contributed by atoms with E-state index in [2.05, 4.69) is 0 Å². The van der Waals surface area contributed by atoms with Crippen molar-refractivity contribution in [3.8, 4) is 28.0 Å². The van der Waals surface area contributed by atoms with Crippen LogP contribution in [0.5, 0.6) is 5.75 Å². The Bertz CT molecular complexity index is 821. The normalized spacial score (nSPS) is 10.5. The lowest BCUT2D eigenvalue weighted by Gasteiger charge is -2.12. The molecule has 0 bridgehead atoms. The minimum absolute atomic E-state index is 0.0236. The van der Waals surface area contributed by atoms with Gasteiger partial charge < -0.3 is 9.67 Å². The summed E-state index contributed by atoms with van der Waals surface area (Å²) in [7, 11) is 1.70. The van der Waals surface area contributed by atoms with Gasteiger partial charge in [0.25, 0.3) is 5.56 Å². The van der Waals surface area contributed by atoms with E-state index >= 15 is 0 Å². The van der Waals surface area contributed by atoms with E-state index in [9.17, 15) is 9.90 Å². The van der Waals surface area contributed by atoms with Crippen LogP contribution in [0.1, 0.15) is 0 Å². The van der Waals surface area contributed by atoms with Crippen molar-refractivity contribution in [2.24, 2.45) is 7.05 Å². The van der Waals surface area contributed by atoms with Crippen LogP contribution in [-0.4, -0.2) is 9.67 Å². The van der Waals surface area contributed by atoms with Gasteiger partial charge in [0.05, 0.1) is 5.56 Å². The number of aryl methyl sites for hydroxylation is 1. The summed E-state index contributed by atoms with van der Waals surface area (Å²) in [4.78, 5) is 12.4. The van der Waals surface area contributed by atoms with Crippen LogP contribution in [0.25, 0.3) is 22.3 Å². The monoisotopic (exact) mass is 277 g/mol. The molecule has 3 aromatic rings. The highest BCUT2D eigenvalue weighted by atomic mass is 16.3. The van der Waals surface area contributed by atoms with Crippen LogP contribution >= 0.6 is 0 Å². The van der Waals surface area contributed by atoms with Gasteiger partial charge in [-0.3, -0.25) is 4.79 Å². The molecule has 0 unspecified atom stereocenters. The number of nitrogens with zero attached hydrogens (tertiary/aromatic N) is 1. The van der Waals surface area contributed by atoms with Crippen molar-refractivity contribution in [3.05, 3.63) is 77.2 Å².